The van der Waals surface area contributed by atoms with E-state index in [0.717, 1.165) is 59.6 Å². The molecule has 5 rings (SSSR count). The highest BCUT2D eigenvalue weighted by atomic mass is 16.5. The van der Waals surface area contributed by atoms with Gasteiger partial charge in [-0.05, 0) is 41.8 Å². The van der Waals surface area contributed by atoms with E-state index in [4.69, 9.17) is 4.74 Å². The van der Waals surface area contributed by atoms with Gasteiger partial charge in [0.15, 0.2) is 0 Å². The predicted molar refractivity (Wildman–Crippen MR) is 143 cm³/mol. The first-order valence-electron chi connectivity index (χ1n) is 12.4. The summed E-state index contributed by atoms with van der Waals surface area (Å²) in [7, 11) is 1.78. The summed E-state index contributed by atoms with van der Waals surface area (Å²) < 4.78 is 7.62. The third-order valence-electron chi connectivity index (χ3n) is 7.14. The van der Waals surface area contributed by atoms with Crippen LogP contribution in [0.15, 0.2) is 71.8 Å². The van der Waals surface area contributed by atoms with Crippen LogP contribution in [0.2, 0.25) is 0 Å². The quantitative estimate of drug-likeness (QED) is 0.447. The summed E-state index contributed by atoms with van der Waals surface area (Å²) in [6, 6.07) is 18.9. The number of aryl methyl sites for hydroxylation is 1. The van der Waals surface area contributed by atoms with E-state index in [1.807, 2.05) is 35.5 Å². The number of rotatable bonds is 6. The van der Waals surface area contributed by atoms with E-state index >= 15 is 0 Å². The fraction of sp³-hybridized carbons (Fsp3) is 0.310. The highest BCUT2D eigenvalue weighted by Crippen LogP contribution is 2.29. The zero-order valence-electron chi connectivity index (χ0n) is 21.0. The van der Waals surface area contributed by atoms with E-state index in [0.29, 0.717) is 18.2 Å². The third-order valence-corrected chi connectivity index (χ3v) is 7.14. The number of piperazine rings is 1. The second-order valence-electron chi connectivity index (χ2n) is 9.53. The maximum atomic E-state index is 12.3. The van der Waals surface area contributed by atoms with E-state index < -0.39 is 0 Å². The van der Waals surface area contributed by atoms with Crippen LogP contribution in [0.1, 0.15) is 13.8 Å². The number of amides is 1. The topological polar surface area (TPSA) is 70.6 Å². The molecular formula is C29H32N4O3. The average molecular weight is 485 g/mol. The molecule has 1 atom stereocenters. The number of carbonyl (C=O) groups excluding carboxylic acids is 1. The normalized spacial score (nSPS) is 16.4. The summed E-state index contributed by atoms with van der Waals surface area (Å²) in [5, 5.41) is 0.933. The monoisotopic (exact) mass is 484 g/mol. The summed E-state index contributed by atoms with van der Waals surface area (Å²) >= 11 is 0. The Hall–Kier alpha value is -3.84. The summed E-state index contributed by atoms with van der Waals surface area (Å²) in [6.45, 7) is 7.70. The molecule has 1 fully saturated rings. The molecule has 1 amide bonds. The van der Waals surface area contributed by atoms with Crippen LogP contribution in [-0.2, 0) is 11.8 Å². The minimum Gasteiger partial charge on any atom is -0.492 e. The van der Waals surface area contributed by atoms with Crippen molar-refractivity contribution in [3.63, 3.8) is 0 Å². The lowest BCUT2D eigenvalue weighted by atomic mass is 9.99. The SMILES string of the molecule is CC(=O)N1CCN(CCOc2ccc(-c3ccc(-c4cn(C)c(=O)c5[nH]ccc45)cc3)cc2)[C@H](C)C1. The van der Waals surface area contributed by atoms with Crippen molar-refractivity contribution in [2.24, 2.45) is 7.05 Å². The van der Waals surface area contributed by atoms with Crippen molar-refractivity contribution in [3.05, 3.63) is 77.3 Å². The van der Waals surface area contributed by atoms with Gasteiger partial charge in [0.2, 0.25) is 5.91 Å². The summed E-state index contributed by atoms with van der Waals surface area (Å²) in [6.07, 6.45) is 3.70. The van der Waals surface area contributed by atoms with Crippen molar-refractivity contribution in [1.82, 2.24) is 19.4 Å². The Bertz CT molecular complexity index is 1420. The van der Waals surface area contributed by atoms with Crippen LogP contribution in [0.5, 0.6) is 5.75 Å². The number of benzene rings is 2. The number of fused-ring (bicyclic) bond motifs is 1. The van der Waals surface area contributed by atoms with Gasteiger partial charge in [-0.2, -0.15) is 0 Å². The predicted octanol–water partition coefficient (Wildman–Crippen LogP) is 4.13. The van der Waals surface area contributed by atoms with E-state index in [9.17, 15) is 9.59 Å². The van der Waals surface area contributed by atoms with Gasteiger partial charge in [-0.3, -0.25) is 14.5 Å². The zero-order chi connectivity index (χ0) is 25.2. The van der Waals surface area contributed by atoms with Crippen LogP contribution in [0.4, 0.5) is 0 Å². The van der Waals surface area contributed by atoms with E-state index in [1.54, 1.807) is 18.5 Å². The van der Waals surface area contributed by atoms with Crippen molar-refractivity contribution >= 4 is 16.8 Å². The Morgan fingerprint density at radius 1 is 1.00 bits per heavy atom. The second-order valence-corrected chi connectivity index (χ2v) is 9.53. The molecule has 7 nitrogen and oxygen atoms in total. The van der Waals surface area contributed by atoms with Gasteiger partial charge in [-0.25, -0.2) is 0 Å². The molecule has 186 valence electrons. The van der Waals surface area contributed by atoms with Gasteiger partial charge in [-0.15, -0.1) is 0 Å². The van der Waals surface area contributed by atoms with Gasteiger partial charge in [-0.1, -0.05) is 36.4 Å². The van der Waals surface area contributed by atoms with E-state index in [-0.39, 0.29) is 11.5 Å². The number of ether oxygens (including phenoxy) is 1. The molecule has 4 aromatic rings. The molecule has 36 heavy (non-hydrogen) atoms. The summed E-state index contributed by atoms with van der Waals surface area (Å²) in [4.78, 5) is 31.3. The first-order valence-corrected chi connectivity index (χ1v) is 12.4. The van der Waals surface area contributed by atoms with E-state index in [2.05, 4.69) is 53.2 Å². The van der Waals surface area contributed by atoms with E-state index in [1.165, 1.54) is 0 Å². The molecule has 0 unspecified atom stereocenters. The minimum atomic E-state index is -0.0252. The number of H-pyrrole nitrogens is 1. The third kappa shape index (κ3) is 4.79. The lowest BCUT2D eigenvalue weighted by Gasteiger charge is -2.39. The maximum absolute atomic E-state index is 12.3. The van der Waals surface area contributed by atoms with Gasteiger partial charge in [0, 0.05) is 69.5 Å². The fourth-order valence-corrected chi connectivity index (χ4v) is 4.98. The molecule has 2 aromatic carbocycles. The Labute approximate surface area is 210 Å². The van der Waals surface area contributed by atoms with Crippen molar-refractivity contribution in [2.45, 2.75) is 19.9 Å². The van der Waals surface area contributed by atoms with Gasteiger partial charge < -0.3 is 19.2 Å². The van der Waals surface area contributed by atoms with Crippen LogP contribution < -0.4 is 10.3 Å². The number of aromatic nitrogens is 2. The van der Waals surface area contributed by atoms with Crippen LogP contribution >= 0.6 is 0 Å². The number of pyridine rings is 1. The van der Waals surface area contributed by atoms with Crippen LogP contribution in [0.3, 0.4) is 0 Å². The Kier molecular flexibility index (Phi) is 6.65. The molecule has 0 spiro atoms. The molecule has 0 saturated carbocycles. The molecule has 0 aliphatic carbocycles. The summed E-state index contributed by atoms with van der Waals surface area (Å²) in [5.74, 6) is 1.00. The zero-order valence-corrected chi connectivity index (χ0v) is 21.0. The molecular weight excluding hydrogens is 452 g/mol. The molecule has 1 N–H and O–H groups in total. The van der Waals surface area contributed by atoms with Crippen LogP contribution in [-0.4, -0.2) is 64.1 Å². The Morgan fingerprint density at radius 2 is 1.67 bits per heavy atom. The van der Waals surface area contributed by atoms with Crippen molar-refractivity contribution in [3.8, 4) is 28.0 Å². The minimum absolute atomic E-state index is 0.0252. The lowest BCUT2D eigenvalue weighted by Crippen LogP contribution is -2.53. The molecule has 0 radical (unpaired) electrons. The molecule has 1 saturated heterocycles. The Balaban J connectivity index is 1.21. The highest BCUT2D eigenvalue weighted by molar-refractivity contribution is 5.94. The molecule has 3 heterocycles. The smallest absolute Gasteiger partial charge is 0.274 e. The molecule has 7 heteroatoms. The maximum Gasteiger partial charge on any atom is 0.274 e. The number of hydrogen-bond acceptors (Lipinski definition) is 4. The lowest BCUT2D eigenvalue weighted by molar-refractivity contribution is -0.131. The fourth-order valence-electron chi connectivity index (χ4n) is 4.98. The second kappa shape index (κ2) is 10.0. The highest BCUT2D eigenvalue weighted by Gasteiger charge is 2.24. The number of nitrogens with one attached hydrogen (secondary N) is 1. The summed E-state index contributed by atoms with van der Waals surface area (Å²) in [5.41, 5.74) is 4.94. The number of hydrogen-bond donors (Lipinski definition) is 1. The molecule has 1 aliphatic heterocycles. The van der Waals surface area contributed by atoms with Gasteiger partial charge in [0.1, 0.15) is 17.9 Å². The Morgan fingerprint density at radius 3 is 2.33 bits per heavy atom. The van der Waals surface area contributed by atoms with Crippen molar-refractivity contribution in [2.75, 3.05) is 32.8 Å². The number of nitrogens with zero attached hydrogens (tertiary/aromatic N) is 3. The molecule has 0 bridgehead atoms. The van der Waals surface area contributed by atoms with Gasteiger partial charge >= 0.3 is 0 Å². The average Bonchev–Trinajstić information content (AvgIpc) is 3.38. The number of aromatic amines is 1. The molecule has 1 aliphatic rings. The van der Waals surface area contributed by atoms with Gasteiger partial charge in [0.05, 0.1) is 0 Å². The molecule has 2 aromatic heterocycles. The number of carbonyl (C=O) groups is 1. The first-order chi connectivity index (χ1) is 17.4. The van der Waals surface area contributed by atoms with Crippen LogP contribution in [0, 0.1) is 0 Å². The largest absolute Gasteiger partial charge is 0.492 e. The standard InChI is InChI=1S/C29H32N4O3/c1-20-18-33(21(2)34)15-14-32(20)16-17-36-25-10-8-23(9-11-25)22-4-6-24(7-5-22)27-19-31(3)29(35)28-26(27)12-13-30-28/h4-13,19-20,30H,14-18H2,1-3H3/t20-/m1/s1. The van der Waals surface area contributed by atoms with Gasteiger partial charge in [0.25, 0.3) is 5.56 Å². The van der Waals surface area contributed by atoms with Crippen molar-refractivity contribution < 1.29 is 9.53 Å². The van der Waals surface area contributed by atoms with Crippen molar-refractivity contribution in [1.29, 1.82) is 0 Å². The van der Waals surface area contributed by atoms with Crippen LogP contribution in [0.25, 0.3) is 33.2 Å². The first kappa shape index (κ1) is 23.9.